The molecule has 1 atom stereocenters. The molecule has 0 bridgehead atoms. The zero-order valence-electron chi connectivity index (χ0n) is 13.4. The zero-order chi connectivity index (χ0) is 16.8. The molecular formula is C20H21ClN2O. The maximum absolute atomic E-state index is 9.63. The molecule has 4 heteroatoms. The number of halogens is 1. The predicted octanol–water partition coefficient (Wildman–Crippen LogP) is 4.01. The Kier molecular flexibility index (Phi) is 5.70. The number of rotatable bonds is 7. The highest BCUT2D eigenvalue weighted by atomic mass is 35.5. The normalized spacial score (nSPS) is 12.2. The van der Waals surface area contributed by atoms with Crippen LogP contribution >= 0.6 is 11.6 Å². The molecular weight excluding hydrogens is 320 g/mol. The van der Waals surface area contributed by atoms with Crippen LogP contribution in [0.1, 0.15) is 22.7 Å². The molecule has 0 aliphatic heterocycles. The number of benzene rings is 2. The maximum Gasteiger partial charge on any atom is 0.0626 e. The van der Waals surface area contributed by atoms with Crippen LogP contribution in [0.15, 0.2) is 73.1 Å². The molecule has 3 rings (SSSR count). The second-order valence-corrected chi connectivity index (χ2v) is 6.28. The van der Waals surface area contributed by atoms with Crippen LogP contribution in [-0.4, -0.2) is 16.3 Å². The summed E-state index contributed by atoms with van der Waals surface area (Å²) in [7, 11) is 0. The summed E-state index contributed by atoms with van der Waals surface area (Å²) in [5, 5.41) is 13.7. The fraction of sp³-hybridized carbons (Fsp3) is 0.200. The van der Waals surface area contributed by atoms with Gasteiger partial charge in [0.25, 0.3) is 0 Å². The van der Waals surface area contributed by atoms with Crippen LogP contribution in [0.5, 0.6) is 0 Å². The van der Waals surface area contributed by atoms with Crippen molar-refractivity contribution in [1.82, 2.24) is 9.88 Å². The molecule has 2 N–H and O–H groups in total. The van der Waals surface area contributed by atoms with E-state index in [2.05, 4.69) is 52.6 Å². The lowest BCUT2D eigenvalue weighted by atomic mass is 10.1. The van der Waals surface area contributed by atoms with Gasteiger partial charge in [-0.1, -0.05) is 54.1 Å². The molecule has 2 aromatic carbocycles. The van der Waals surface area contributed by atoms with E-state index in [1.165, 1.54) is 11.1 Å². The third kappa shape index (κ3) is 4.48. The van der Waals surface area contributed by atoms with Crippen LogP contribution in [0.4, 0.5) is 0 Å². The van der Waals surface area contributed by atoms with Crippen molar-refractivity contribution in [3.05, 3.63) is 94.8 Å². The van der Waals surface area contributed by atoms with Gasteiger partial charge in [-0.25, -0.2) is 0 Å². The SMILES string of the molecule is OCC(NCc1ccn(Cc2ccccc2)c1)c1ccc(Cl)cc1. The topological polar surface area (TPSA) is 37.2 Å². The Hall–Kier alpha value is -2.07. The average molecular weight is 341 g/mol. The fourth-order valence-corrected chi connectivity index (χ4v) is 2.84. The van der Waals surface area contributed by atoms with Gasteiger partial charge in [0.05, 0.1) is 12.6 Å². The van der Waals surface area contributed by atoms with Crippen LogP contribution in [0.25, 0.3) is 0 Å². The van der Waals surface area contributed by atoms with Crippen molar-refractivity contribution < 1.29 is 5.11 Å². The summed E-state index contributed by atoms with van der Waals surface area (Å²) in [6.45, 7) is 1.61. The van der Waals surface area contributed by atoms with Crippen molar-refractivity contribution in [1.29, 1.82) is 0 Å². The van der Waals surface area contributed by atoms with E-state index in [9.17, 15) is 5.11 Å². The Balaban J connectivity index is 1.59. The smallest absolute Gasteiger partial charge is 0.0626 e. The number of nitrogens with zero attached hydrogens (tertiary/aromatic N) is 1. The van der Waals surface area contributed by atoms with E-state index in [0.717, 1.165) is 12.1 Å². The van der Waals surface area contributed by atoms with Crippen LogP contribution < -0.4 is 5.32 Å². The third-order valence-electron chi connectivity index (χ3n) is 4.03. The van der Waals surface area contributed by atoms with Crippen LogP contribution in [0.3, 0.4) is 0 Å². The largest absolute Gasteiger partial charge is 0.394 e. The van der Waals surface area contributed by atoms with Crippen molar-refractivity contribution in [2.24, 2.45) is 0 Å². The van der Waals surface area contributed by atoms with Crippen molar-refractivity contribution in [3.8, 4) is 0 Å². The molecule has 0 radical (unpaired) electrons. The third-order valence-corrected chi connectivity index (χ3v) is 4.28. The first-order valence-corrected chi connectivity index (χ1v) is 8.40. The second-order valence-electron chi connectivity index (χ2n) is 5.85. The fourth-order valence-electron chi connectivity index (χ4n) is 2.71. The van der Waals surface area contributed by atoms with Gasteiger partial charge >= 0.3 is 0 Å². The van der Waals surface area contributed by atoms with Crippen LogP contribution in [-0.2, 0) is 13.1 Å². The molecule has 1 aromatic heterocycles. The van der Waals surface area contributed by atoms with Gasteiger partial charge in [0, 0.05) is 30.5 Å². The number of aliphatic hydroxyl groups is 1. The Morgan fingerprint density at radius 1 is 0.958 bits per heavy atom. The summed E-state index contributed by atoms with van der Waals surface area (Å²) in [4.78, 5) is 0. The summed E-state index contributed by atoms with van der Waals surface area (Å²) in [6, 6.07) is 20.0. The molecule has 24 heavy (non-hydrogen) atoms. The molecule has 3 aromatic rings. The van der Waals surface area contributed by atoms with Gasteiger partial charge in [-0.05, 0) is 34.9 Å². The first-order valence-electron chi connectivity index (χ1n) is 8.03. The molecule has 124 valence electrons. The minimum atomic E-state index is -0.0975. The lowest BCUT2D eigenvalue weighted by Crippen LogP contribution is -2.23. The van der Waals surface area contributed by atoms with Gasteiger partial charge in [-0.2, -0.15) is 0 Å². The minimum Gasteiger partial charge on any atom is -0.394 e. The van der Waals surface area contributed by atoms with Crippen molar-refractivity contribution in [2.45, 2.75) is 19.1 Å². The molecule has 0 aliphatic rings. The molecule has 0 amide bonds. The molecule has 0 fully saturated rings. The summed E-state index contributed by atoms with van der Waals surface area (Å²) in [5.41, 5.74) is 3.51. The van der Waals surface area contributed by atoms with Crippen LogP contribution in [0.2, 0.25) is 5.02 Å². The lowest BCUT2D eigenvalue weighted by Gasteiger charge is -2.16. The standard InChI is InChI=1S/C20H21ClN2O/c21-19-8-6-18(7-9-19)20(15-24)22-12-17-10-11-23(14-17)13-16-4-2-1-3-5-16/h1-11,14,20,22,24H,12-13,15H2. The predicted molar refractivity (Wildman–Crippen MR) is 98.1 cm³/mol. The highest BCUT2D eigenvalue weighted by molar-refractivity contribution is 6.30. The van der Waals surface area contributed by atoms with E-state index in [-0.39, 0.29) is 12.6 Å². The van der Waals surface area contributed by atoms with E-state index >= 15 is 0 Å². The number of aliphatic hydroxyl groups excluding tert-OH is 1. The van der Waals surface area contributed by atoms with Gasteiger partial charge in [0.15, 0.2) is 0 Å². The van der Waals surface area contributed by atoms with Crippen molar-refractivity contribution >= 4 is 11.6 Å². The number of nitrogens with one attached hydrogen (secondary N) is 1. The minimum absolute atomic E-state index is 0.0480. The van der Waals surface area contributed by atoms with E-state index in [4.69, 9.17) is 11.6 Å². The van der Waals surface area contributed by atoms with Crippen LogP contribution in [0, 0.1) is 0 Å². The number of aromatic nitrogens is 1. The van der Waals surface area contributed by atoms with E-state index in [0.29, 0.717) is 11.6 Å². The maximum atomic E-state index is 9.63. The summed E-state index contributed by atoms with van der Waals surface area (Å²) in [6.07, 6.45) is 4.22. The number of hydrogen-bond donors (Lipinski definition) is 2. The van der Waals surface area contributed by atoms with E-state index in [1.54, 1.807) is 0 Å². The molecule has 0 spiro atoms. The monoisotopic (exact) mass is 340 g/mol. The second kappa shape index (κ2) is 8.15. The zero-order valence-corrected chi connectivity index (χ0v) is 14.2. The molecule has 0 saturated carbocycles. The molecule has 0 saturated heterocycles. The highest BCUT2D eigenvalue weighted by Gasteiger charge is 2.10. The van der Waals surface area contributed by atoms with E-state index in [1.807, 2.05) is 30.3 Å². The van der Waals surface area contributed by atoms with Crippen molar-refractivity contribution in [2.75, 3.05) is 6.61 Å². The van der Waals surface area contributed by atoms with Gasteiger partial charge in [0.2, 0.25) is 0 Å². The molecule has 1 unspecified atom stereocenters. The summed E-state index contributed by atoms with van der Waals surface area (Å²) >= 11 is 5.92. The number of hydrogen-bond acceptors (Lipinski definition) is 2. The molecule has 0 aliphatic carbocycles. The summed E-state index contributed by atoms with van der Waals surface area (Å²) < 4.78 is 2.17. The highest BCUT2D eigenvalue weighted by Crippen LogP contribution is 2.17. The quantitative estimate of drug-likeness (QED) is 0.681. The Bertz CT molecular complexity index is 753. The first-order chi connectivity index (χ1) is 11.7. The average Bonchev–Trinajstić information content (AvgIpc) is 3.05. The van der Waals surface area contributed by atoms with E-state index < -0.39 is 0 Å². The van der Waals surface area contributed by atoms with Crippen molar-refractivity contribution in [3.63, 3.8) is 0 Å². The Morgan fingerprint density at radius 3 is 2.42 bits per heavy atom. The Labute approximate surface area is 147 Å². The van der Waals surface area contributed by atoms with Gasteiger partial charge in [0.1, 0.15) is 0 Å². The molecule has 3 nitrogen and oxygen atoms in total. The first kappa shape index (κ1) is 16.8. The van der Waals surface area contributed by atoms with Gasteiger partial charge in [-0.15, -0.1) is 0 Å². The lowest BCUT2D eigenvalue weighted by molar-refractivity contribution is 0.243. The van der Waals surface area contributed by atoms with Gasteiger partial charge in [-0.3, -0.25) is 0 Å². The Morgan fingerprint density at radius 2 is 1.71 bits per heavy atom. The van der Waals surface area contributed by atoms with Gasteiger partial charge < -0.3 is 15.0 Å². The molecule has 1 heterocycles. The summed E-state index contributed by atoms with van der Waals surface area (Å²) in [5.74, 6) is 0.